The van der Waals surface area contributed by atoms with E-state index in [0.717, 1.165) is 24.2 Å². The average molecular weight is 208 g/mol. The summed E-state index contributed by atoms with van der Waals surface area (Å²) in [5.41, 5.74) is 2.50. The maximum Gasteiger partial charge on any atom is 0.315 e. The second-order valence-corrected chi connectivity index (χ2v) is 5.16. The van der Waals surface area contributed by atoms with Crippen molar-refractivity contribution in [2.45, 2.75) is 47.0 Å². The second kappa shape index (κ2) is 4.21. The lowest BCUT2D eigenvalue weighted by Gasteiger charge is -2.21. The molecule has 0 bridgehead atoms. The van der Waals surface area contributed by atoms with Gasteiger partial charge in [-0.05, 0) is 30.8 Å². The molecule has 1 aliphatic rings. The number of carbonyl (C=O) groups is 1. The molecule has 15 heavy (non-hydrogen) atoms. The van der Waals surface area contributed by atoms with Crippen LogP contribution in [0.15, 0.2) is 23.5 Å². The van der Waals surface area contributed by atoms with Crippen molar-refractivity contribution >= 4 is 5.97 Å². The molecule has 0 spiro atoms. The molecule has 0 aliphatic carbocycles. The highest BCUT2D eigenvalue weighted by molar-refractivity contribution is 5.76. The lowest BCUT2D eigenvalue weighted by molar-refractivity contribution is -0.136. The molecule has 0 aromatic rings. The number of esters is 1. The van der Waals surface area contributed by atoms with Crippen molar-refractivity contribution in [1.29, 1.82) is 0 Å². The van der Waals surface area contributed by atoms with Crippen LogP contribution in [-0.2, 0) is 9.53 Å². The molecule has 0 radical (unpaired) electrons. The summed E-state index contributed by atoms with van der Waals surface area (Å²) in [6, 6.07) is 0. The number of carbonyl (C=O) groups excluding carboxylic acids is 1. The van der Waals surface area contributed by atoms with Crippen LogP contribution in [0.5, 0.6) is 0 Å². The summed E-state index contributed by atoms with van der Waals surface area (Å²) in [5, 5.41) is 0. The van der Waals surface area contributed by atoms with Crippen molar-refractivity contribution < 1.29 is 9.53 Å². The Morgan fingerprint density at radius 1 is 1.47 bits per heavy atom. The van der Waals surface area contributed by atoms with Crippen molar-refractivity contribution in [1.82, 2.24) is 0 Å². The summed E-state index contributed by atoms with van der Waals surface area (Å²) in [5.74, 6) is 0.672. The zero-order chi connectivity index (χ0) is 11.6. The van der Waals surface area contributed by atoms with E-state index in [2.05, 4.69) is 27.4 Å². The zero-order valence-corrected chi connectivity index (χ0v) is 10.1. The van der Waals surface area contributed by atoms with Gasteiger partial charge in [0.1, 0.15) is 5.76 Å². The van der Waals surface area contributed by atoms with Gasteiger partial charge in [-0.2, -0.15) is 0 Å². The van der Waals surface area contributed by atoms with Gasteiger partial charge < -0.3 is 4.74 Å². The number of ether oxygens (including phenoxy) is 1. The molecule has 0 aromatic heterocycles. The summed E-state index contributed by atoms with van der Waals surface area (Å²) < 4.78 is 5.00. The summed E-state index contributed by atoms with van der Waals surface area (Å²) in [7, 11) is 0. The van der Waals surface area contributed by atoms with E-state index in [0.29, 0.717) is 6.42 Å². The van der Waals surface area contributed by atoms with Gasteiger partial charge in [0.05, 0.1) is 6.42 Å². The third kappa shape index (κ3) is 3.22. The van der Waals surface area contributed by atoms with E-state index in [1.165, 1.54) is 5.57 Å². The van der Waals surface area contributed by atoms with Gasteiger partial charge in [-0.3, -0.25) is 4.79 Å². The Morgan fingerprint density at radius 3 is 2.47 bits per heavy atom. The summed E-state index contributed by atoms with van der Waals surface area (Å²) in [6.07, 6.45) is 2.30. The van der Waals surface area contributed by atoms with Crippen molar-refractivity contribution in [3.8, 4) is 0 Å². The number of rotatable bonds is 3. The molecule has 0 unspecified atom stereocenters. The molecule has 0 saturated heterocycles. The van der Waals surface area contributed by atoms with Crippen LogP contribution in [0.2, 0.25) is 0 Å². The van der Waals surface area contributed by atoms with E-state index < -0.39 is 0 Å². The van der Waals surface area contributed by atoms with E-state index >= 15 is 0 Å². The minimum Gasteiger partial charge on any atom is -0.431 e. The van der Waals surface area contributed by atoms with Crippen LogP contribution in [0.3, 0.4) is 0 Å². The summed E-state index contributed by atoms with van der Waals surface area (Å²) >= 11 is 0. The largest absolute Gasteiger partial charge is 0.431 e. The van der Waals surface area contributed by atoms with Gasteiger partial charge in [-0.25, -0.2) is 0 Å². The van der Waals surface area contributed by atoms with Gasteiger partial charge in [0, 0.05) is 0 Å². The lowest BCUT2D eigenvalue weighted by Crippen LogP contribution is -2.08. The highest BCUT2D eigenvalue weighted by Gasteiger charge is 2.21. The molecular formula is C13H20O2. The van der Waals surface area contributed by atoms with Gasteiger partial charge in [0.25, 0.3) is 0 Å². The predicted octanol–water partition coefficient (Wildman–Crippen LogP) is 3.59. The Morgan fingerprint density at radius 2 is 2.07 bits per heavy atom. The van der Waals surface area contributed by atoms with Crippen molar-refractivity contribution in [3.05, 3.63) is 23.5 Å². The lowest BCUT2D eigenvalue weighted by atomic mass is 9.84. The van der Waals surface area contributed by atoms with E-state index in [1.54, 1.807) is 0 Å². The third-order valence-electron chi connectivity index (χ3n) is 2.91. The van der Waals surface area contributed by atoms with Gasteiger partial charge in [-0.1, -0.05) is 32.9 Å². The Kier molecular flexibility index (Phi) is 3.38. The van der Waals surface area contributed by atoms with Crippen LogP contribution in [0.25, 0.3) is 0 Å². The first kappa shape index (κ1) is 12.0. The van der Waals surface area contributed by atoms with E-state index in [4.69, 9.17) is 4.74 Å². The normalized spacial score (nSPS) is 16.9. The molecule has 0 saturated carbocycles. The molecule has 2 heteroatoms. The van der Waals surface area contributed by atoms with Crippen LogP contribution in [0, 0.1) is 5.41 Å². The maximum absolute atomic E-state index is 11.0. The molecule has 0 amide bonds. The molecule has 0 fully saturated rings. The van der Waals surface area contributed by atoms with Crippen LogP contribution in [0.1, 0.15) is 47.0 Å². The van der Waals surface area contributed by atoms with Gasteiger partial charge in [-0.15, -0.1) is 0 Å². The molecule has 1 heterocycles. The van der Waals surface area contributed by atoms with Crippen molar-refractivity contribution in [3.63, 3.8) is 0 Å². The molecule has 0 aromatic carbocycles. The molecule has 84 valence electrons. The quantitative estimate of drug-likeness (QED) is 0.523. The van der Waals surface area contributed by atoms with Crippen LogP contribution >= 0.6 is 0 Å². The van der Waals surface area contributed by atoms with E-state index in [-0.39, 0.29) is 11.4 Å². The fraction of sp³-hybridized carbons (Fsp3) is 0.615. The monoisotopic (exact) mass is 208 g/mol. The third-order valence-corrected chi connectivity index (χ3v) is 2.91. The molecular weight excluding hydrogens is 188 g/mol. The Bertz CT molecular complexity index is 316. The fourth-order valence-electron chi connectivity index (χ4n) is 1.52. The topological polar surface area (TPSA) is 26.3 Å². The highest BCUT2D eigenvalue weighted by atomic mass is 16.5. The number of allylic oxidation sites excluding steroid dienone is 2. The summed E-state index contributed by atoms with van der Waals surface area (Å²) in [4.78, 5) is 11.0. The first-order valence-electron chi connectivity index (χ1n) is 5.38. The first-order chi connectivity index (χ1) is 6.80. The predicted molar refractivity (Wildman–Crippen MR) is 61.2 cm³/mol. The molecule has 2 nitrogen and oxygen atoms in total. The Hall–Kier alpha value is -1.05. The molecule has 1 aliphatic heterocycles. The fourth-order valence-corrected chi connectivity index (χ4v) is 1.52. The van der Waals surface area contributed by atoms with Gasteiger partial charge >= 0.3 is 5.97 Å². The highest BCUT2D eigenvalue weighted by Crippen LogP contribution is 2.31. The second-order valence-electron chi connectivity index (χ2n) is 5.16. The minimum atomic E-state index is -0.121. The smallest absolute Gasteiger partial charge is 0.315 e. The standard InChI is InChI=1S/C13H20O2/c1-9(13(3,4)5)6-7-11-8-12(14)15-10(11)2/h1,6-8H2,2-5H3. The van der Waals surface area contributed by atoms with E-state index in [1.807, 2.05) is 6.92 Å². The number of cyclic esters (lactones) is 1. The number of hydrogen-bond acceptors (Lipinski definition) is 2. The minimum absolute atomic E-state index is 0.121. The van der Waals surface area contributed by atoms with Crippen LogP contribution < -0.4 is 0 Å². The van der Waals surface area contributed by atoms with Gasteiger partial charge in [0.15, 0.2) is 0 Å². The summed E-state index contributed by atoms with van der Waals surface area (Å²) in [6.45, 7) is 12.4. The maximum atomic E-state index is 11.0. The SMILES string of the molecule is C=C(CCC1=C(C)OC(=O)C1)C(C)(C)C. The number of hydrogen-bond donors (Lipinski definition) is 0. The Balaban J connectivity index is 2.49. The van der Waals surface area contributed by atoms with Crippen molar-refractivity contribution in [2.24, 2.45) is 5.41 Å². The van der Waals surface area contributed by atoms with Crippen LogP contribution in [0.4, 0.5) is 0 Å². The van der Waals surface area contributed by atoms with Gasteiger partial charge in [0.2, 0.25) is 0 Å². The molecule has 0 N–H and O–H groups in total. The molecule has 0 atom stereocenters. The van der Waals surface area contributed by atoms with Crippen molar-refractivity contribution in [2.75, 3.05) is 0 Å². The Labute approximate surface area is 92.0 Å². The van der Waals surface area contributed by atoms with E-state index in [9.17, 15) is 4.79 Å². The van der Waals surface area contributed by atoms with Crippen LogP contribution in [-0.4, -0.2) is 5.97 Å². The average Bonchev–Trinajstić information content (AvgIpc) is 2.39. The first-order valence-corrected chi connectivity index (χ1v) is 5.38. The molecule has 1 rings (SSSR count). The zero-order valence-electron chi connectivity index (χ0n) is 10.1.